The highest BCUT2D eigenvalue weighted by atomic mass is 16.5. The molecular formula is C36H39NO6. The summed E-state index contributed by atoms with van der Waals surface area (Å²) in [5.74, 6) is -0.401. The lowest BCUT2D eigenvalue weighted by molar-refractivity contribution is 0.0686. The van der Waals surface area contributed by atoms with Crippen LogP contribution in [0, 0.1) is 0 Å². The lowest BCUT2D eigenvalue weighted by Crippen LogP contribution is -2.30. The topological polar surface area (TPSA) is 96.3 Å². The largest absolute Gasteiger partial charge is 0.493 e. The Kier molecular flexibility index (Phi) is 12.2. The molecule has 0 saturated heterocycles. The molecule has 0 spiro atoms. The summed E-state index contributed by atoms with van der Waals surface area (Å²) in [4.78, 5) is 24.7. The third-order valence-corrected chi connectivity index (χ3v) is 7.26. The summed E-state index contributed by atoms with van der Waals surface area (Å²) in [5, 5.41) is 18.4. The molecule has 2 N–H and O–H groups in total. The molecule has 0 aliphatic carbocycles. The molecular weight excluding hydrogens is 542 g/mol. The van der Waals surface area contributed by atoms with Crippen molar-refractivity contribution in [1.82, 2.24) is 4.90 Å². The van der Waals surface area contributed by atoms with E-state index in [-0.39, 0.29) is 11.1 Å². The predicted octanol–water partition coefficient (Wildman–Crippen LogP) is 7.00. The van der Waals surface area contributed by atoms with Gasteiger partial charge in [-0.3, -0.25) is 4.90 Å². The molecule has 0 saturated carbocycles. The van der Waals surface area contributed by atoms with Crippen LogP contribution in [0.5, 0.6) is 11.5 Å². The molecule has 0 aliphatic heterocycles. The van der Waals surface area contributed by atoms with Crippen LogP contribution in [-0.4, -0.2) is 53.4 Å². The Morgan fingerprint density at radius 3 is 1.93 bits per heavy atom. The smallest absolute Gasteiger partial charge is 0.335 e. The number of rotatable bonds is 18. The molecule has 224 valence electrons. The van der Waals surface area contributed by atoms with Crippen LogP contribution in [0.25, 0.3) is 0 Å². The first kappa shape index (κ1) is 31.3. The number of hydrogen-bond donors (Lipinski definition) is 2. The number of nitrogens with zero attached hydrogens (tertiary/aromatic N) is 1. The summed E-state index contributed by atoms with van der Waals surface area (Å²) in [6.45, 7) is 3.11. The summed E-state index contributed by atoms with van der Waals surface area (Å²) in [6.07, 6.45) is 5.13. The Labute approximate surface area is 253 Å². The van der Waals surface area contributed by atoms with Gasteiger partial charge in [-0.15, -0.1) is 0 Å². The van der Waals surface area contributed by atoms with Gasteiger partial charge in [-0.2, -0.15) is 0 Å². The highest BCUT2D eigenvalue weighted by Gasteiger charge is 2.11. The first-order valence-electron chi connectivity index (χ1n) is 14.7. The number of carboxylic acids is 2. The second-order valence-corrected chi connectivity index (χ2v) is 10.5. The minimum atomic E-state index is -0.973. The van der Waals surface area contributed by atoms with Crippen molar-refractivity contribution < 1.29 is 29.3 Å². The van der Waals surface area contributed by atoms with Gasteiger partial charge in [-0.05, 0) is 91.3 Å². The highest BCUT2D eigenvalue weighted by Crippen LogP contribution is 2.20. The molecule has 0 bridgehead atoms. The van der Waals surface area contributed by atoms with Crippen LogP contribution in [0.15, 0.2) is 103 Å². The fourth-order valence-electron chi connectivity index (χ4n) is 4.83. The molecule has 7 heteroatoms. The Balaban J connectivity index is 1.30. The van der Waals surface area contributed by atoms with Crippen LogP contribution in [0.2, 0.25) is 0 Å². The van der Waals surface area contributed by atoms with Crippen LogP contribution in [0.4, 0.5) is 0 Å². The number of hydrogen-bond acceptors (Lipinski definition) is 5. The number of aryl methyl sites for hydroxylation is 1. The maximum absolute atomic E-state index is 11.3. The zero-order valence-electron chi connectivity index (χ0n) is 24.4. The number of aromatic carboxylic acids is 2. The molecule has 0 aromatic heterocycles. The first-order chi connectivity index (χ1) is 21.0. The van der Waals surface area contributed by atoms with E-state index in [1.54, 1.807) is 24.3 Å². The molecule has 0 fully saturated rings. The van der Waals surface area contributed by atoms with E-state index in [0.29, 0.717) is 32.1 Å². The highest BCUT2D eigenvalue weighted by molar-refractivity contribution is 5.88. The minimum absolute atomic E-state index is 0.215. The summed E-state index contributed by atoms with van der Waals surface area (Å²) in [5.41, 5.74) is 4.00. The molecule has 0 radical (unpaired) electrons. The third kappa shape index (κ3) is 10.6. The summed E-state index contributed by atoms with van der Waals surface area (Å²) in [7, 11) is 0. The second-order valence-electron chi connectivity index (χ2n) is 10.5. The Hall–Kier alpha value is -4.62. The Bertz CT molecular complexity index is 1420. The summed E-state index contributed by atoms with van der Waals surface area (Å²) >= 11 is 0. The molecule has 0 heterocycles. The number of carboxylic acid groups (broad SMARTS) is 2. The molecule has 0 aliphatic rings. The SMILES string of the molecule is O=C(O)c1ccc(CN(CCOc2ccc(C(=O)O)cc2)CCc2ccccc2OCCCCCc2ccccc2)cc1. The number of benzene rings is 4. The quantitative estimate of drug-likeness (QED) is 0.122. The van der Waals surface area contributed by atoms with E-state index in [1.807, 2.05) is 36.4 Å². The van der Waals surface area contributed by atoms with Crippen molar-refractivity contribution in [3.05, 3.63) is 131 Å². The van der Waals surface area contributed by atoms with Crippen molar-refractivity contribution >= 4 is 11.9 Å². The Morgan fingerprint density at radius 1 is 0.581 bits per heavy atom. The van der Waals surface area contributed by atoms with Gasteiger partial charge >= 0.3 is 11.9 Å². The van der Waals surface area contributed by atoms with E-state index >= 15 is 0 Å². The number of para-hydroxylation sites is 1. The van der Waals surface area contributed by atoms with Gasteiger partial charge in [0.25, 0.3) is 0 Å². The normalized spacial score (nSPS) is 10.9. The summed E-state index contributed by atoms with van der Waals surface area (Å²) < 4.78 is 12.1. The van der Waals surface area contributed by atoms with Crippen molar-refractivity contribution in [1.29, 1.82) is 0 Å². The van der Waals surface area contributed by atoms with E-state index in [1.165, 1.54) is 17.7 Å². The third-order valence-electron chi connectivity index (χ3n) is 7.26. The lowest BCUT2D eigenvalue weighted by atomic mass is 10.1. The molecule has 0 atom stereocenters. The van der Waals surface area contributed by atoms with E-state index < -0.39 is 11.9 Å². The van der Waals surface area contributed by atoms with Gasteiger partial charge in [0.2, 0.25) is 0 Å². The van der Waals surface area contributed by atoms with E-state index in [0.717, 1.165) is 55.5 Å². The van der Waals surface area contributed by atoms with Crippen LogP contribution < -0.4 is 9.47 Å². The average Bonchev–Trinajstić information content (AvgIpc) is 3.03. The lowest BCUT2D eigenvalue weighted by Gasteiger charge is -2.23. The van der Waals surface area contributed by atoms with Crippen molar-refractivity contribution in [2.45, 2.75) is 38.6 Å². The van der Waals surface area contributed by atoms with E-state index in [9.17, 15) is 14.7 Å². The van der Waals surface area contributed by atoms with Crippen molar-refractivity contribution in [3.8, 4) is 11.5 Å². The fourth-order valence-corrected chi connectivity index (χ4v) is 4.83. The van der Waals surface area contributed by atoms with Crippen LogP contribution in [0.1, 0.15) is 56.7 Å². The molecule has 0 unspecified atom stereocenters. The zero-order chi connectivity index (χ0) is 30.3. The molecule has 7 nitrogen and oxygen atoms in total. The predicted molar refractivity (Wildman–Crippen MR) is 167 cm³/mol. The maximum atomic E-state index is 11.3. The molecule has 4 rings (SSSR count). The van der Waals surface area contributed by atoms with Gasteiger partial charge in [0.1, 0.15) is 18.1 Å². The van der Waals surface area contributed by atoms with Crippen LogP contribution in [0.3, 0.4) is 0 Å². The van der Waals surface area contributed by atoms with Crippen LogP contribution >= 0.6 is 0 Å². The average molecular weight is 582 g/mol. The first-order valence-corrected chi connectivity index (χ1v) is 14.7. The van der Waals surface area contributed by atoms with Crippen molar-refractivity contribution in [2.75, 3.05) is 26.3 Å². The van der Waals surface area contributed by atoms with Gasteiger partial charge in [0.15, 0.2) is 0 Å². The van der Waals surface area contributed by atoms with E-state index in [2.05, 4.69) is 35.2 Å². The number of unbranched alkanes of at least 4 members (excludes halogenated alkanes) is 2. The van der Waals surface area contributed by atoms with Gasteiger partial charge < -0.3 is 19.7 Å². The standard InChI is InChI=1S/C36H39NO6/c38-35(39)31-16-14-29(15-17-31)27-37(24-26-42-33-20-18-32(19-21-33)36(40)41)23-22-30-12-6-7-13-34(30)43-25-8-2-5-11-28-9-3-1-4-10-28/h1,3-4,6-7,9-10,12-21H,2,5,8,11,22-27H2,(H,38,39)(H,40,41). The van der Waals surface area contributed by atoms with Gasteiger partial charge in [-0.25, -0.2) is 9.59 Å². The zero-order valence-corrected chi connectivity index (χ0v) is 24.4. The van der Waals surface area contributed by atoms with Crippen LogP contribution in [-0.2, 0) is 19.4 Å². The molecule has 4 aromatic carbocycles. The summed E-state index contributed by atoms with van der Waals surface area (Å²) in [6, 6.07) is 32.0. The van der Waals surface area contributed by atoms with E-state index in [4.69, 9.17) is 14.6 Å². The van der Waals surface area contributed by atoms with Gasteiger partial charge in [0.05, 0.1) is 17.7 Å². The van der Waals surface area contributed by atoms with Gasteiger partial charge in [0, 0.05) is 19.6 Å². The maximum Gasteiger partial charge on any atom is 0.335 e. The number of ether oxygens (including phenoxy) is 2. The second kappa shape index (κ2) is 16.7. The Morgan fingerprint density at radius 2 is 1.23 bits per heavy atom. The molecule has 0 amide bonds. The molecule has 43 heavy (non-hydrogen) atoms. The minimum Gasteiger partial charge on any atom is -0.493 e. The number of carbonyl (C=O) groups is 2. The fraction of sp³-hybridized carbons (Fsp3) is 0.278. The molecule has 4 aromatic rings. The van der Waals surface area contributed by atoms with Gasteiger partial charge in [-0.1, -0.05) is 60.7 Å². The van der Waals surface area contributed by atoms with Crippen molar-refractivity contribution in [3.63, 3.8) is 0 Å². The monoisotopic (exact) mass is 581 g/mol. The van der Waals surface area contributed by atoms with Crippen molar-refractivity contribution in [2.24, 2.45) is 0 Å².